The fraction of sp³-hybridized carbons (Fsp3) is 0.333. The zero-order chi connectivity index (χ0) is 10.2. The Morgan fingerprint density at radius 2 is 1.79 bits per heavy atom. The van der Waals surface area contributed by atoms with Gasteiger partial charge < -0.3 is 4.74 Å². The molecule has 1 saturated carbocycles. The fourth-order valence-electron chi connectivity index (χ4n) is 1.09. The van der Waals surface area contributed by atoms with Crippen LogP contribution in [0.5, 0.6) is 5.75 Å². The Balaban J connectivity index is 2.16. The van der Waals surface area contributed by atoms with Crippen molar-refractivity contribution < 1.29 is 13.2 Å². The van der Waals surface area contributed by atoms with Crippen LogP contribution in [0.15, 0.2) is 29.2 Å². The molecule has 0 amide bonds. The van der Waals surface area contributed by atoms with Crippen LogP contribution in [0.1, 0.15) is 12.8 Å². The zero-order valence-corrected chi connectivity index (χ0v) is 8.33. The van der Waals surface area contributed by atoms with Crippen molar-refractivity contribution in [1.29, 1.82) is 0 Å². The third-order valence-corrected chi connectivity index (χ3v) is 2.91. The zero-order valence-electron chi connectivity index (χ0n) is 7.51. The molecular formula is C9H11NO3S. The van der Waals surface area contributed by atoms with E-state index in [2.05, 4.69) is 0 Å². The number of rotatable bonds is 3. The van der Waals surface area contributed by atoms with E-state index in [1.807, 2.05) is 0 Å². The summed E-state index contributed by atoms with van der Waals surface area (Å²) in [6.45, 7) is 0. The number of hydrogen-bond acceptors (Lipinski definition) is 3. The van der Waals surface area contributed by atoms with Crippen LogP contribution >= 0.6 is 0 Å². The van der Waals surface area contributed by atoms with E-state index >= 15 is 0 Å². The first-order chi connectivity index (χ1) is 6.55. The Morgan fingerprint density at radius 1 is 1.21 bits per heavy atom. The predicted molar refractivity (Wildman–Crippen MR) is 51.5 cm³/mol. The SMILES string of the molecule is NS(=O)(=O)c1ccc(OC2CC2)cc1. The molecule has 0 aromatic heterocycles. The molecular weight excluding hydrogens is 202 g/mol. The Labute approximate surface area is 82.7 Å². The highest BCUT2D eigenvalue weighted by molar-refractivity contribution is 7.89. The van der Waals surface area contributed by atoms with Gasteiger partial charge in [0, 0.05) is 0 Å². The van der Waals surface area contributed by atoms with Crippen molar-refractivity contribution >= 4 is 10.0 Å². The van der Waals surface area contributed by atoms with Gasteiger partial charge in [-0.25, -0.2) is 13.6 Å². The average molecular weight is 213 g/mol. The Morgan fingerprint density at radius 3 is 2.21 bits per heavy atom. The maximum absolute atomic E-state index is 10.9. The van der Waals surface area contributed by atoms with Crippen LogP contribution in [0.4, 0.5) is 0 Å². The topological polar surface area (TPSA) is 69.4 Å². The van der Waals surface area contributed by atoms with Gasteiger partial charge in [0.2, 0.25) is 10.0 Å². The molecule has 0 atom stereocenters. The summed E-state index contributed by atoms with van der Waals surface area (Å²) < 4.78 is 27.3. The maximum atomic E-state index is 10.9. The molecule has 0 saturated heterocycles. The first-order valence-corrected chi connectivity index (χ1v) is 5.90. The van der Waals surface area contributed by atoms with E-state index in [0.29, 0.717) is 11.9 Å². The van der Waals surface area contributed by atoms with Crippen LogP contribution in [-0.2, 0) is 10.0 Å². The summed E-state index contributed by atoms with van der Waals surface area (Å²) in [5.74, 6) is 0.694. The number of ether oxygens (including phenoxy) is 1. The van der Waals surface area contributed by atoms with Gasteiger partial charge in [0.25, 0.3) is 0 Å². The van der Waals surface area contributed by atoms with Gasteiger partial charge >= 0.3 is 0 Å². The molecule has 14 heavy (non-hydrogen) atoms. The quantitative estimate of drug-likeness (QED) is 0.810. The molecule has 0 aliphatic heterocycles. The van der Waals surface area contributed by atoms with E-state index in [4.69, 9.17) is 9.88 Å². The van der Waals surface area contributed by atoms with Gasteiger partial charge in [-0.15, -0.1) is 0 Å². The van der Waals surface area contributed by atoms with Crippen LogP contribution in [0.25, 0.3) is 0 Å². The highest BCUT2D eigenvalue weighted by atomic mass is 32.2. The van der Waals surface area contributed by atoms with Crippen molar-refractivity contribution in [3.8, 4) is 5.75 Å². The largest absolute Gasteiger partial charge is 0.490 e. The van der Waals surface area contributed by atoms with Crippen molar-refractivity contribution in [3.05, 3.63) is 24.3 Å². The van der Waals surface area contributed by atoms with Crippen LogP contribution in [0, 0.1) is 0 Å². The van der Waals surface area contributed by atoms with E-state index in [1.54, 1.807) is 12.1 Å². The molecule has 0 bridgehead atoms. The van der Waals surface area contributed by atoms with Gasteiger partial charge in [-0.2, -0.15) is 0 Å². The van der Waals surface area contributed by atoms with E-state index in [-0.39, 0.29) is 4.90 Å². The normalized spacial score (nSPS) is 16.6. The number of benzene rings is 1. The van der Waals surface area contributed by atoms with E-state index in [1.165, 1.54) is 12.1 Å². The lowest BCUT2D eigenvalue weighted by atomic mass is 10.3. The first kappa shape index (κ1) is 9.48. The number of hydrogen-bond donors (Lipinski definition) is 1. The highest BCUT2D eigenvalue weighted by Gasteiger charge is 2.23. The summed E-state index contributed by atoms with van der Waals surface area (Å²) in [4.78, 5) is 0.112. The second kappa shape index (κ2) is 3.25. The number of primary sulfonamides is 1. The summed E-state index contributed by atoms with van der Waals surface area (Å²) in [6.07, 6.45) is 2.48. The Bertz CT molecular complexity index is 420. The van der Waals surface area contributed by atoms with Crippen LogP contribution in [0.2, 0.25) is 0 Å². The van der Waals surface area contributed by atoms with Gasteiger partial charge in [0.15, 0.2) is 0 Å². The molecule has 1 aliphatic rings. The van der Waals surface area contributed by atoms with E-state index in [0.717, 1.165) is 12.8 Å². The van der Waals surface area contributed by atoms with Crippen molar-refractivity contribution in [3.63, 3.8) is 0 Å². The molecule has 1 fully saturated rings. The van der Waals surface area contributed by atoms with E-state index in [9.17, 15) is 8.42 Å². The second-order valence-electron chi connectivity index (χ2n) is 3.33. The molecule has 0 radical (unpaired) electrons. The maximum Gasteiger partial charge on any atom is 0.238 e. The monoisotopic (exact) mass is 213 g/mol. The van der Waals surface area contributed by atoms with Crippen LogP contribution in [0.3, 0.4) is 0 Å². The van der Waals surface area contributed by atoms with Gasteiger partial charge in [-0.1, -0.05) is 0 Å². The standard InChI is InChI=1S/C9H11NO3S/c10-14(11,12)9-5-3-8(4-6-9)13-7-1-2-7/h3-7H,1-2H2,(H2,10,11,12). The van der Waals surface area contributed by atoms with Crippen LogP contribution < -0.4 is 9.88 Å². The summed E-state index contributed by atoms with van der Waals surface area (Å²) in [6, 6.07) is 6.15. The molecule has 4 nitrogen and oxygen atoms in total. The van der Waals surface area contributed by atoms with Crippen molar-refractivity contribution in [2.45, 2.75) is 23.8 Å². The Hall–Kier alpha value is -1.07. The summed E-state index contributed by atoms with van der Waals surface area (Å²) in [5.41, 5.74) is 0. The predicted octanol–water partition coefficient (Wildman–Crippen LogP) is 0.875. The summed E-state index contributed by atoms with van der Waals surface area (Å²) in [5, 5.41) is 4.95. The molecule has 0 heterocycles. The summed E-state index contributed by atoms with van der Waals surface area (Å²) >= 11 is 0. The third kappa shape index (κ3) is 2.24. The van der Waals surface area contributed by atoms with Crippen molar-refractivity contribution in [2.24, 2.45) is 5.14 Å². The molecule has 2 rings (SSSR count). The molecule has 1 aromatic carbocycles. The summed E-state index contributed by atoms with van der Waals surface area (Å²) in [7, 11) is -3.59. The molecule has 1 aromatic rings. The van der Waals surface area contributed by atoms with Gasteiger partial charge in [-0.3, -0.25) is 0 Å². The minimum absolute atomic E-state index is 0.112. The van der Waals surface area contributed by atoms with Gasteiger partial charge in [0.1, 0.15) is 5.75 Å². The van der Waals surface area contributed by atoms with Crippen LogP contribution in [-0.4, -0.2) is 14.5 Å². The van der Waals surface area contributed by atoms with Gasteiger partial charge in [0.05, 0.1) is 11.0 Å². The number of sulfonamides is 1. The van der Waals surface area contributed by atoms with Crippen molar-refractivity contribution in [1.82, 2.24) is 0 Å². The third-order valence-electron chi connectivity index (χ3n) is 1.98. The fourth-order valence-corrected chi connectivity index (χ4v) is 1.60. The lowest BCUT2D eigenvalue weighted by Gasteiger charge is -2.04. The second-order valence-corrected chi connectivity index (χ2v) is 4.90. The van der Waals surface area contributed by atoms with E-state index < -0.39 is 10.0 Å². The van der Waals surface area contributed by atoms with Gasteiger partial charge in [-0.05, 0) is 37.1 Å². The molecule has 0 spiro atoms. The highest BCUT2D eigenvalue weighted by Crippen LogP contribution is 2.26. The molecule has 0 unspecified atom stereocenters. The average Bonchev–Trinajstić information content (AvgIpc) is 2.88. The molecule has 5 heteroatoms. The Kier molecular flexibility index (Phi) is 2.20. The minimum Gasteiger partial charge on any atom is -0.490 e. The smallest absolute Gasteiger partial charge is 0.238 e. The molecule has 2 N–H and O–H groups in total. The lowest BCUT2D eigenvalue weighted by molar-refractivity contribution is 0.303. The minimum atomic E-state index is -3.59. The first-order valence-electron chi connectivity index (χ1n) is 4.35. The number of nitrogens with two attached hydrogens (primary N) is 1. The lowest BCUT2D eigenvalue weighted by Crippen LogP contribution is -2.11. The van der Waals surface area contributed by atoms with Crippen molar-refractivity contribution in [2.75, 3.05) is 0 Å². The molecule has 1 aliphatic carbocycles. The molecule has 76 valence electrons.